The van der Waals surface area contributed by atoms with E-state index in [4.69, 9.17) is 4.42 Å². The SMILES string of the molecule is Cc1ccc2oc(S(=O)(=O)N3CCC[C@H]3C(=O)CCc3cn(-c4ccc(C(F)(F)F)cc4)c(=O)n(C(C)C)c3=O)cc2c1. The van der Waals surface area contributed by atoms with Gasteiger partial charge in [-0.3, -0.25) is 18.7 Å². The highest BCUT2D eigenvalue weighted by Crippen LogP contribution is 2.32. The Labute approximate surface area is 245 Å². The van der Waals surface area contributed by atoms with E-state index in [9.17, 15) is 36.0 Å². The van der Waals surface area contributed by atoms with Crippen LogP contribution in [0.1, 0.15) is 55.8 Å². The highest BCUT2D eigenvalue weighted by molar-refractivity contribution is 7.89. The summed E-state index contributed by atoms with van der Waals surface area (Å²) in [6, 6.07) is 9.16. The van der Waals surface area contributed by atoms with E-state index < -0.39 is 50.9 Å². The predicted octanol–water partition coefficient (Wildman–Crippen LogP) is 5.01. The number of hydrogen-bond acceptors (Lipinski definition) is 6. The molecule has 0 spiro atoms. The molecule has 1 fully saturated rings. The van der Waals surface area contributed by atoms with Gasteiger partial charge < -0.3 is 4.42 Å². The van der Waals surface area contributed by atoms with E-state index in [2.05, 4.69) is 0 Å². The van der Waals surface area contributed by atoms with Gasteiger partial charge in [0.15, 0.2) is 5.78 Å². The van der Waals surface area contributed by atoms with Crippen LogP contribution in [0.15, 0.2) is 73.8 Å². The number of sulfonamides is 1. The van der Waals surface area contributed by atoms with Crippen LogP contribution in [0.5, 0.6) is 0 Å². The van der Waals surface area contributed by atoms with Gasteiger partial charge >= 0.3 is 11.9 Å². The molecule has 13 heteroatoms. The molecule has 0 saturated carbocycles. The van der Waals surface area contributed by atoms with Gasteiger partial charge in [0.25, 0.3) is 15.6 Å². The van der Waals surface area contributed by atoms with Crippen molar-refractivity contribution in [2.24, 2.45) is 0 Å². The molecule has 228 valence electrons. The average molecular weight is 618 g/mol. The van der Waals surface area contributed by atoms with Crippen molar-refractivity contribution in [1.82, 2.24) is 13.4 Å². The molecular weight excluding hydrogens is 587 g/mol. The minimum absolute atomic E-state index is 0.0976. The Bertz CT molecular complexity index is 1920. The zero-order valence-electron chi connectivity index (χ0n) is 23.7. The van der Waals surface area contributed by atoms with Gasteiger partial charge in [0.2, 0.25) is 5.09 Å². The van der Waals surface area contributed by atoms with Gasteiger partial charge in [-0.1, -0.05) is 11.6 Å². The number of aryl methyl sites for hydroxylation is 2. The summed E-state index contributed by atoms with van der Waals surface area (Å²) in [5.41, 5.74) is -0.673. The highest BCUT2D eigenvalue weighted by atomic mass is 32.2. The van der Waals surface area contributed by atoms with Gasteiger partial charge in [0, 0.05) is 42.2 Å². The van der Waals surface area contributed by atoms with Crippen LogP contribution in [-0.2, 0) is 27.4 Å². The second kappa shape index (κ2) is 11.3. The van der Waals surface area contributed by atoms with Crippen molar-refractivity contribution < 1.29 is 30.8 Å². The van der Waals surface area contributed by atoms with Crippen LogP contribution in [0.25, 0.3) is 16.7 Å². The zero-order chi connectivity index (χ0) is 31.3. The van der Waals surface area contributed by atoms with Crippen LogP contribution in [0.2, 0.25) is 0 Å². The molecule has 1 saturated heterocycles. The molecule has 0 N–H and O–H groups in total. The molecule has 0 bridgehead atoms. The number of alkyl halides is 3. The van der Waals surface area contributed by atoms with E-state index in [1.54, 1.807) is 32.0 Å². The summed E-state index contributed by atoms with van der Waals surface area (Å²) in [5.74, 6) is -0.393. The summed E-state index contributed by atoms with van der Waals surface area (Å²) in [6.07, 6.45) is -2.84. The maximum Gasteiger partial charge on any atom is 0.416 e. The summed E-state index contributed by atoms with van der Waals surface area (Å²) in [4.78, 5) is 39.7. The van der Waals surface area contributed by atoms with Crippen LogP contribution >= 0.6 is 0 Å². The zero-order valence-corrected chi connectivity index (χ0v) is 24.5. The van der Waals surface area contributed by atoms with Crippen LogP contribution in [0.4, 0.5) is 13.2 Å². The molecule has 0 radical (unpaired) electrons. The third-order valence-electron chi connectivity index (χ3n) is 7.61. The fourth-order valence-corrected chi connectivity index (χ4v) is 7.03. The molecule has 9 nitrogen and oxygen atoms in total. The molecular formula is C30H30F3N3O6S. The van der Waals surface area contributed by atoms with Gasteiger partial charge in [0.05, 0.1) is 17.3 Å². The number of rotatable bonds is 8. The quantitative estimate of drug-likeness (QED) is 0.275. The number of furan rings is 1. The van der Waals surface area contributed by atoms with E-state index in [0.29, 0.717) is 23.8 Å². The molecule has 0 amide bonds. The molecule has 43 heavy (non-hydrogen) atoms. The van der Waals surface area contributed by atoms with Crippen LogP contribution in [0, 0.1) is 6.92 Å². The number of halogens is 3. The monoisotopic (exact) mass is 617 g/mol. The van der Waals surface area contributed by atoms with E-state index in [1.165, 1.54) is 12.3 Å². The van der Waals surface area contributed by atoms with Crippen molar-refractivity contribution in [2.75, 3.05) is 6.54 Å². The summed E-state index contributed by atoms with van der Waals surface area (Å²) >= 11 is 0. The number of nitrogens with zero attached hydrogens (tertiary/aromatic N) is 3. The molecule has 2 aromatic heterocycles. The molecule has 5 rings (SSSR count). The number of aromatic nitrogens is 2. The lowest BCUT2D eigenvalue weighted by Gasteiger charge is -2.22. The first kappa shape index (κ1) is 30.5. The summed E-state index contributed by atoms with van der Waals surface area (Å²) < 4.78 is 75.0. The second-order valence-corrected chi connectivity index (χ2v) is 12.8. The van der Waals surface area contributed by atoms with E-state index in [-0.39, 0.29) is 35.7 Å². The molecule has 1 aliphatic rings. The first-order chi connectivity index (χ1) is 20.2. The average Bonchev–Trinajstić information content (AvgIpc) is 3.60. The first-order valence-electron chi connectivity index (χ1n) is 13.8. The van der Waals surface area contributed by atoms with Crippen LogP contribution in [-0.4, -0.2) is 40.2 Å². The Morgan fingerprint density at radius 2 is 1.77 bits per heavy atom. The van der Waals surface area contributed by atoms with Gasteiger partial charge in [-0.25, -0.2) is 13.2 Å². The topological polar surface area (TPSA) is 112 Å². The number of Topliss-reactive ketones (excluding diaryl/α,β-unsaturated/α-hetero) is 1. The van der Waals surface area contributed by atoms with Crippen molar-refractivity contribution in [3.63, 3.8) is 0 Å². The fourth-order valence-electron chi connectivity index (χ4n) is 5.40. The maximum atomic E-state index is 13.5. The minimum Gasteiger partial charge on any atom is -0.443 e. The Balaban J connectivity index is 1.41. The number of fused-ring (bicyclic) bond motifs is 1. The Hall–Kier alpha value is -3.97. The highest BCUT2D eigenvalue weighted by Gasteiger charge is 2.40. The molecule has 4 aromatic rings. The number of ketones is 1. The van der Waals surface area contributed by atoms with Gasteiger partial charge in [0.1, 0.15) is 5.58 Å². The number of hydrogen-bond donors (Lipinski definition) is 0. The van der Waals surface area contributed by atoms with Crippen molar-refractivity contribution in [1.29, 1.82) is 0 Å². The molecule has 1 aliphatic heterocycles. The number of benzene rings is 2. The smallest absolute Gasteiger partial charge is 0.416 e. The number of carbonyl (C=O) groups excluding carboxylic acids is 1. The van der Waals surface area contributed by atoms with E-state index in [0.717, 1.165) is 43.3 Å². The minimum atomic E-state index is -4.56. The maximum absolute atomic E-state index is 13.5. The Kier molecular flexibility index (Phi) is 7.99. The summed E-state index contributed by atoms with van der Waals surface area (Å²) in [6.45, 7) is 5.25. The molecule has 0 unspecified atom stereocenters. The summed E-state index contributed by atoms with van der Waals surface area (Å²) in [5, 5.41) is 0.376. The van der Waals surface area contributed by atoms with Gasteiger partial charge in [-0.15, -0.1) is 0 Å². The lowest BCUT2D eigenvalue weighted by molar-refractivity contribution is -0.137. The Morgan fingerprint density at radius 1 is 1.07 bits per heavy atom. The summed E-state index contributed by atoms with van der Waals surface area (Å²) in [7, 11) is -4.12. The van der Waals surface area contributed by atoms with Crippen molar-refractivity contribution in [3.8, 4) is 5.69 Å². The van der Waals surface area contributed by atoms with Crippen molar-refractivity contribution in [2.45, 2.75) is 69.8 Å². The first-order valence-corrected chi connectivity index (χ1v) is 15.2. The van der Waals surface area contributed by atoms with Crippen molar-refractivity contribution in [3.05, 3.63) is 92.3 Å². The second-order valence-electron chi connectivity index (χ2n) is 11.0. The molecule has 1 atom stereocenters. The van der Waals surface area contributed by atoms with Crippen LogP contribution in [0.3, 0.4) is 0 Å². The Morgan fingerprint density at radius 3 is 2.42 bits per heavy atom. The normalized spacial score (nSPS) is 16.4. The third kappa shape index (κ3) is 5.83. The standard InChI is InChI=1S/C30H30F3N3O6S/c1-18(2)36-28(38)20(17-34(29(36)39)23-10-8-22(9-11-23)30(31,32)33)7-12-25(37)24-5-4-14-35(24)43(40,41)27-16-21-15-19(3)6-13-26(21)42-27/h6,8-11,13,15-18,24H,4-5,7,12,14H2,1-3H3/t24-/m0/s1. The largest absolute Gasteiger partial charge is 0.443 e. The third-order valence-corrected chi connectivity index (χ3v) is 9.37. The van der Waals surface area contributed by atoms with Crippen molar-refractivity contribution >= 4 is 26.8 Å². The number of carbonyl (C=O) groups is 1. The lowest BCUT2D eigenvalue weighted by atomic mass is 10.0. The van der Waals surface area contributed by atoms with E-state index >= 15 is 0 Å². The van der Waals surface area contributed by atoms with Crippen LogP contribution < -0.4 is 11.2 Å². The van der Waals surface area contributed by atoms with Gasteiger partial charge in [-0.2, -0.15) is 17.5 Å². The van der Waals surface area contributed by atoms with E-state index in [1.807, 2.05) is 6.92 Å². The molecule has 2 aromatic carbocycles. The predicted molar refractivity (Wildman–Crippen MR) is 153 cm³/mol. The van der Waals surface area contributed by atoms with Gasteiger partial charge in [-0.05, 0) is 76.4 Å². The lowest BCUT2D eigenvalue weighted by Crippen LogP contribution is -2.42. The fraction of sp³-hybridized carbons (Fsp3) is 0.367. The molecule has 0 aliphatic carbocycles. The molecule has 3 heterocycles.